The quantitative estimate of drug-likeness (QED) is 0.854. The molecule has 1 fully saturated rings. The number of nitrogens with one attached hydrogen (secondary N) is 1. The van der Waals surface area contributed by atoms with Crippen LogP contribution in [-0.4, -0.2) is 24.5 Å². The van der Waals surface area contributed by atoms with E-state index in [2.05, 4.69) is 10.1 Å². The third-order valence-corrected chi connectivity index (χ3v) is 3.25. The summed E-state index contributed by atoms with van der Waals surface area (Å²) in [5.74, 6) is -4.75. The largest absolute Gasteiger partial charge is 0.456 e. The molecule has 0 bridgehead atoms. The summed E-state index contributed by atoms with van der Waals surface area (Å²) in [5.41, 5.74) is 2.22. The molecule has 0 aromatic heterocycles. The Morgan fingerprint density at radius 2 is 2.26 bits per heavy atom. The van der Waals surface area contributed by atoms with Gasteiger partial charge in [0.2, 0.25) is 0 Å². The lowest BCUT2D eigenvalue weighted by atomic mass is 10.1. The number of esters is 1. The van der Waals surface area contributed by atoms with Crippen molar-refractivity contribution in [1.82, 2.24) is 5.32 Å². The maximum Gasteiger partial charge on any atom is 0.377 e. The van der Waals surface area contributed by atoms with Gasteiger partial charge in [-0.15, -0.1) is 0 Å². The predicted molar refractivity (Wildman–Crippen MR) is 67.0 cm³/mol. The monoisotopic (exact) mass is 269 g/mol. The van der Waals surface area contributed by atoms with Gasteiger partial charge < -0.3 is 10.1 Å². The van der Waals surface area contributed by atoms with E-state index in [1.54, 1.807) is 0 Å². The van der Waals surface area contributed by atoms with Crippen molar-refractivity contribution in [2.45, 2.75) is 38.3 Å². The van der Waals surface area contributed by atoms with E-state index in [4.69, 9.17) is 0 Å². The fraction of sp³-hybridized carbons (Fsp3) is 0.500. The highest BCUT2D eigenvalue weighted by Gasteiger charge is 2.50. The second-order valence-corrected chi connectivity index (χ2v) is 4.98. The molecule has 0 amide bonds. The van der Waals surface area contributed by atoms with E-state index in [0.717, 1.165) is 11.1 Å². The summed E-state index contributed by atoms with van der Waals surface area (Å²) >= 11 is 0. The number of hydrogen-bond acceptors (Lipinski definition) is 3. The van der Waals surface area contributed by atoms with E-state index < -0.39 is 24.4 Å². The van der Waals surface area contributed by atoms with E-state index in [-0.39, 0.29) is 12.6 Å². The van der Waals surface area contributed by atoms with Crippen LogP contribution in [0.1, 0.15) is 30.5 Å². The normalized spacial score (nSPS) is 23.2. The summed E-state index contributed by atoms with van der Waals surface area (Å²) in [4.78, 5) is 10.9. The summed E-state index contributed by atoms with van der Waals surface area (Å²) in [6, 6.07) is 7.97. The van der Waals surface area contributed by atoms with Crippen LogP contribution in [0.2, 0.25) is 0 Å². The number of alkyl halides is 2. The molecule has 0 spiro atoms. The number of aryl methyl sites for hydroxylation is 1. The first-order valence-electron chi connectivity index (χ1n) is 6.27. The molecule has 2 atom stereocenters. The summed E-state index contributed by atoms with van der Waals surface area (Å²) in [6.45, 7) is 4.18. The minimum atomic E-state index is -3.33. The number of cyclic esters (lactones) is 1. The van der Waals surface area contributed by atoms with Crippen molar-refractivity contribution < 1.29 is 18.3 Å². The minimum absolute atomic E-state index is 0.0211. The number of benzene rings is 1. The molecule has 1 heterocycles. The molecular formula is C14H17F2NO2. The van der Waals surface area contributed by atoms with Crippen molar-refractivity contribution in [2.24, 2.45) is 0 Å². The molecule has 104 valence electrons. The molecule has 1 aromatic carbocycles. The minimum Gasteiger partial charge on any atom is -0.456 e. The Labute approximate surface area is 111 Å². The van der Waals surface area contributed by atoms with Crippen LogP contribution in [0.25, 0.3) is 0 Å². The average molecular weight is 269 g/mol. The van der Waals surface area contributed by atoms with E-state index in [1.807, 2.05) is 38.1 Å². The number of rotatable bonds is 4. The Hall–Kier alpha value is -1.49. The number of carbonyl (C=O) groups is 1. The van der Waals surface area contributed by atoms with Gasteiger partial charge in [0.15, 0.2) is 0 Å². The first-order chi connectivity index (χ1) is 8.88. The van der Waals surface area contributed by atoms with Crippen LogP contribution >= 0.6 is 0 Å². The molecule has 5 heteroatoms. The molecule has 1 aliphatic rings. The van der Waals surface area contributed by atoms with Crippen LogP contribution in [0.4, 0.5) is 8.78 Å². The molecule has 1 N–H and O–H groups in total. The second-order valence-electron chi connectivity index (χ2n) is 4.98. The van der Waals surface area contributed by atoms with E-state index in [0.29, 0.717) is 0 Å². The van der Waals surface area contributed by atoms with Gasteiger partial charge in [0.1, 0.15) is 6.10 Å². The van der Waals surface area contributed by atoms with Gasteiger partial charge in [0, 0.05) is 12.6 Å². The van der Waals surface area contributed by atoms with Crippen LogP contribution < -0.4 is 5.32 Å². The molecule has 0 aliphatic carbocycles. The van der Waals surface area contributed by atoms with E-state index in [9.17, 15) is 13.6 Å². The summed E-state index contributed by atoms with van der Waals surface area (Å²) in [7, 11) is 0. The Kier molecular flexibility index (Phi) is 3.85. The molecule has 0 radical (unpaired) electrons. The van der Waals surface area contributed by atoms with E-state index >= 15 is 0 Å². The highest BCUT2D eigenvalue weighted by molar-refractivity contribution is 5.79. The van der Waals surface area contributed by atoms with Gasteiger partial charge in [-0.05, 0) is 19.4 Å². The van der Waals surface area contributed by atoms with Crippen LogP contribution in [-0.2, 0) is 9.53 Å². The maximum absolute atomic E-state index is 13.0. The van der Waals surface area contributed by atoms with Crippen LogP contribution in [0.5, 0.6) is 0 Å². The standard InChI is InChI=1S/C14H17F2NO2/c1-9-4-3-5-11(6-9)10(2)17-8-12-7-14(15,16)13(18)19-12/h3-6,10,12,17H,7-8H2,1-2H3/t10-,12?/m0/s1. The van der Waals surface area contributed by atoms with Crippen molar-refractivity contribution in [3.8, 4) is 0 Å². The van der Waals surface area contributed by atoms with Gasteiger partial charge in [-0.3, -0.25) is 0 Å². The van der Waals surface area contributed by atoms with Gasteiger partial charge in [-0.1, -0.05) is 29.8 Å². The lowest BCUT2D eigenvalue weighted by molar-refractivity contribution is -0.159. The first-order valence-corrected chi connectivity index (χ1v) is 6.27. The van der Waals surface area contributed by atoms with Gasteiger partial charge >= 0.3 is 11.9 Å². The molecule has 0 saturated carbocycles. The molecule has 3 nitrogen and oxygen atoms in total. The number of halogens is 2. The summed E-state index contributed by atoms with van der Waals surface area (Å²) < 4.78 is 30.6. The SMILES string of the molecule is Cc1cccc([C@H](C)NCC2CC(F)(F)C(=O)O2)c1. The Morgan fingerprint density at radius 1 is 1.53 bits per heavy atom. The van der Waals surface area contributed by atoms with Gasteiger partial charge in [-0.25, -0.2) is 4.79 Å². The highest BCUT2D eigenvalue weighted by Crippen LogP contribution is 2.30. The number of ether oxygens (including phenoxy) is 1. The topological polar surface area (TPSA) is 38.3 Å². The maximum atomic E-state index is 13.0. The molecule has 1 aromatic rings. The Balaban J connectivity index is 1.88. The van der Waals surface area contributed by atoms with Crippen LogP contribution in [0, 0.1) is 6.92 Å². The molecule has 2 rings (SSSR count). The smallest absolute Gasteiger partial charge is 0.377 e. The molecule has 1 unspecified atom stereocenters. The summed E-state index contributed by atoms with van der Waals surface area (Å²) in [5, 5.41) is 3.12. The fourth-order valence-corrected chi connectivity index (χ4v) is 2.13. The zero-order valence-corrected chi connectivity index (χ0v) is 11.0. The number of carbonyl (C=O) groups excluding carboxylic acids is 1. The molecule has 19 heavy (non-hydrogen) atoms. The van der Waals surface area contributed by atoms with Crippen LogP contribution in [0.3, 0.4) is 0 Å². The first kappa shape index (κ1) is 13.9. The van der Waals surface area contributed by atoms with Gasteiger partial charge in [0.05, 0.1) is 6.42 Å². The Bertz CT molecular complexity index is 476. The lowest BCUT2D eigenvalue weighted by Gasteiger charge is -2.17. The molecular weight excluding hydrogens is 252 g/mol. The zero-order chi connectivity index (χ0) is 14.0. The third-order valence-electron chi connectivity index (χ3n) is 3.25. The molecule has 1 aliphatic heterocycles. The van der Waals surface area contributed by atoms with Crippen molar-refractivity contribution in [3.63, 3.8) is 0 Å². The van der Waals surface area contributed by atoms with Crippen molar-refractivity contribution in [2.75, 3.05) is 6.54 Å². The van der Waals surface area contributed by atoms with Crippen molar-refractivity contribution >= 4 is 5.97 Å². The van der Waals surface area contributed by atoms with Crippen molar-refractivity contribution in [3.05, 3.63) is 35.4 Å². The zero-order valence-electron chi connectivity index (χ0n) is 11.0. The van der Waals surface area contributed by atoms with E-state index in [1.165, 1.54) is 0 Å². The van der Waals surface area contributed by atoms with Crippen molar-refractivity contribution in [1.29, 1.82) is 0 Å². The highest BCUT2D eigenvalue weighted by atomic mass is 19.3. The fourth-order valence-electron chi connectivity index (χ4n) is 2.13. The second kappa shape index (κ2) is 5.25. The summed E-state index contributed by atoms with van der Waals surface area (Å²) in [6.07, 6.45) is -1.30. The van der Waals surface area contributed by atoms with Crippen LogP contribution in [0.15, 0.2) is 24.3 Å². The predicted octanol–water partition coefficient (Wildman–Crippen LogP) is 2.60. The number of hydrogen-bond donors (Lipinski definition) is 1. The average Bonchev–Trinajstić information content (AvgIpc) is 2.60. The molecule has 1 saturated heterocycles. The Morgan fingerprint density at radius 3 is 2.84 bits per heavy atom. The third kappa shape index (κ3) is 3.29. The lowest BCUT2D eigenvalue weighted by Crippen LogP contribution is -2.29. The van der Waals surface area contributed by atoms with Gasteiger partial charge in [-0.2, -0.15) is 8.78 Å². The van der Waals surface area contributed by atoms with Gasteiger partial charge in [0.25, 0.3) is 0 Å².